The second-order valence-corrected chi connectivity index (χ2v) is 4.27. The molecule has 2 aromatic rings. The van der Waals surface area contributed by atoms with Crippen LogP contribution < -0.4 is 0 Å². The summed E-state index contributed by atoms with van der Waals surface area (Å²) >= 11 is 5.88. The summed E-state index contributed by atoms with van der Waals surface area (Å²) in [6.45, 7) is 0. The first-order valence-corrected chi connectivity index (χ1v) is 5.79. The van der Waals surface area contributed by atoms with Crippen LogP contribution in [0.5, 0.6) is 0 Å². The third kappa shape index (κ3) is 3.05. The van der Waals surface area contributed by atoms with Crippen molar-refractivity contribution >= 4 is 17.6 Å². The number of aliphatic carboxylic acids is 1. The van der Waals surface area contributed by atoms with Crippen molar-refractivity contribution < 1.29 is 9.90 Å². The fraction of sp³-hybridized carbons (Fsp3) is 0.154. The lowest BCUT2D eigenvalue weighted by molar-refractivity contribution is -0.139. The molecule has 92 valence electrons. The van der Waals surface area contributed by atoms with E-state index in [1.54, 1.807) is 24.3 Å². The molecule has 0 bridgehead atoms. The molecule has 1 aromatic carbocycles. The van der Waals surface area contributed by atoms with Crippen LogP contribution in [-0.4, -0.2) is 21.0 Å². The summed E-state index contributed by atoms with van der Waals surface area (Å²) in [5.74, 6) is -1.39. The fourth-order valence-corrected chi connectivity index (χ4v) is 1.89. The molecular weight excluding hydrogens is 252 g/mol. The Hall–Kier alpha value is -1.94. The lowest BCUT2D eigenvalue weighted by Crippen LogP contribution is -2.17. The van der Waals surface area contributed by atoms with Crippen LogP contribution in [0.4, 0.5) is 0 Å². The van der Waals surface area contributed by atoms with Gasteiger partial charge in [-0.05, 0) is 30.2 Å². The van der Waals surface area contributed by atoms with Crippen molar-refractivity contribution in [2.45, 2.75) is 12.3 Å². The van der Waals surface area contributed by atoms with Crippen LogP contribution >= 0.6 is 11.6 Å². The molecule has 1 N–H and O–H groups in total. The van der Waals surface area contributed by atoms with E-state index in [1.165, 1.54) is 12.4 Å². The molecule has 2 rings (SSSR count). The monoisotopic (exact) mass is 262 g/mol. The van der Waals surface area contributed by atoms with E-state index < -0.39 is 11.9 Å². The van der Waals surface area contributed by atoms with Crippen LogP contribution in [0.2, 0.25) is 5.02 Å². The molecule has 0 aliphatic rings. The number of hydrogen-bond donors (Lipinski definition) is 1. The number of aromatic nitrogens is 2. The minimum absolute atomic E-state index is 0.310. The SMILES string of the molecule is O=C(O)C(Cc1cccc(Cl)c1)c1ncccn1. The topological polar surface area (TPSA) is 63.1 Å². The Morgan fingerprint density at radius 1 is 1.28 bits per heavy atom. The van der Waals surface area contributed by atoms with Gasteiger partial charge in [-0.25, -0.2) is 9.97 Å². The molecule has 4 nitrogen and oxygen atoms in total. The summed E-state index contributed by atoms with van der Waals surface area (Å²) < 4.78 is 0. The van der Waals surface area contributed by atoms with Gasteiger partial charge in [-0.15, -0.1) is 0 Å². The van der Waals surface area contributed by atoms with E-state index in [2.05, 4.69) is 9.97 Å². The van der Waals surface area contributed by atoms with Crippen molar-refractivity contribution in [3.63, 3.8) is 0 Å². The number of carbonyl (C=O) groups is 1. The Bertz CT molecular complexity index is 546. The molecule has 0 saturated carbocycles. The van der Waals surface area contributed by atoms with E-state index in [1.807, 2.05) is 6.07 Å². The Morgan fingerprint density at radius 2 is 2.00 bits per heavy atom. The number of nitrogens with zero attached hydrogens (tertiary/aromatic N) is 2. The van der Waals surface area contributed by atoms with E-state index in [9.17, 15) is 9.90 Å². The van der Waals surface area contributed by atoms with E-state index in [0.29, 0.717) is 17.3 Å². The second kappa shape index (κ2) is 5.60. The summed E-state index contributed by atoms with van der Waals surface area (Å²) in [6.07, 6.45) is 3.40. The number of benzene rings is 1. The van der Waals surface area contributed by atoms with Gasteiger partial charge in [0.15, 0.2) is 0 Å². The zero-order valence-corrected chi connectivity index (χ0v) is 10.2. The van der Waals surface area contributed by atoms with Gasteiger partial charge in [-0.1, -0.05) is 23.7 Å². The van der Waals surface area contributed by atoms with Gasteiger partial charge >= 0.3 is 5.97 Å². The van der Waals surface area contributed by atoms with Crippen molar-refractivity contribution in [3.8, 4) is 0 Å². The van der Waals surface area contributed by atoms with Crippen molar-refractivity contribution in [3.05, 3.63) is 59.1 Å². The molecule has 0 radical (unpaired) electrons. The van der Waals surface area contributed by atoms with Crippen molar-refractivity contribution in [1.82, 2.24) is 9.97 Å². The first-order chi connectivity index (χ1) is 8.66. The first-order valence-electron chi connectivity index (χ1n) is 5.41. The Kier molecular flexibility index (Phi) is 3.89. The third-order valence-electron chi connectivity index (χ3n) is 2.52. The number of carboxylic acids is 1. The molecule has 1 aromatic heterocycles. The summed E-state index contributed by atoms with van der Waals surface area (Å²) in [7, 11) is 0. The maximum atomic E-state index is 11.3. The predicted molar refractivity (Wildman–Crippen MR) is 67.6 cm³/mol. The minimum Gasteiger partial charge on any atom is -0.481 e. The number of rotatable bonds is 4. The van der Waals surface area contributed by atoms with E-state index in [0.717, 1.165) is 5.56 Å². The second-order valence-electron chi connectivity index (χ2n) is 3.83. The molecule has 18 heavy (non-hydrogen) atoms. The molecule has 0 spiro atoms. The van der Waals surface area contributed by atoms with E-state index >= 15 is 0 Å². The Labute approximate surface area is 109 Å². The highest BCUT2D eigenvalue weighted by Gasteiger charge is 2.22. The van der Waals surface area contributed by atoms with Crippen molar-refractivity contribution in [2.24, 2.45) is 0 Å². The molecule has 0 aliphatic carbocycles. The van der Waals surface area contributed by atoms with Gasteiger partial charge in [-0.2, -0.15) is 0 Å². The van der Waals surface area contributed by atoms with Gasteiger partial charge in [-0.3, -0.25) is 4.79 Å². The summed E-state index contributed by atoms with van der Waals surface area (Å²) in [5.41, 5.74) is 0.849. The average molecular weight is 263 g/mol. The van der Waals surface area contributed by atoms with Gasteiger partial charge in [0.25, 0.3) is 0 Å². The van der Waals surface area contributed by atoms with Crippen LogP contribution in [0.3, 0.4) is 0 Å². The standard InChI is InChI=1S/C13H11ClN2O2/c14-10-4-1-3-9(7-10)8-11(13(17)18)12-15-5-2-6-16-12/h1-7,11H,8H2,(H,17,18). The highest BCUT2D eigenvalue weighted by molar-refractivity contribution is 6.30. The van der Waals surface area contributed by atoms with Gasteiger partial charge in [0.05, 0.1) is 0 Å². The van der Waals surface area contributed by atoms with Crippen LogP contribution in [-0.2, 0) is 11.2 Å². The largest absolute Gasteiger partial charge is 0.481 e. The normalized spacial score (nSPS) is 12.1. The molecule has 1 unspecified atom stereocenters. The van der Waals surface area contributed by atoms with E-state index in [-0.39, 0.29) is 0 Å². The van der Waals surface area contributed by atoms with Crippen LogP contribution in [0.15, 0.2) is 42.7 Å². The summed E-state index contributed by atoms with van der Waals surface area (Å²) in [5, 5.41) is 9.83. The summed E-state index contributed by atoms with van der Waals surface area (Å²) in [4.78, 5) is 19.3. The molecule has 0 saturated heterocycles. The predicted octanol–water partition coefficient (Wildman–Crippen LogP) is 2.54. The molecule has 0 fully saturated rings. The molecule has 1 heterocycles. The van der Waals surface area contributed by atoms with Gasteiger partial charge < -0.3 is 5.11 Å². The third-order valence-corrected chi connectivity index (χ3v) is 2.76. The van der Waals surface area contributed by atoms with E-state index in [4.69, 9.17) is 11.6 Å². The smallest absolute Gasteiger partial charge is 0.314 e. The maximum Gasteiger partial charge on any atom is 0.314 e. The first kappa shape index (κ1) is 12.5. The highest BCUT2D eigenvalue weighted by atomic mass is 35.5. The van der Waals surface area contributed by atoms with Crippen LogP contribution in [0.1, 0.15) is 17.3 Å². The molecule has 1 atom stereocenters. The number of halogens is 1. The van der Waals surface area contributed by atoms with Gasteiger partial charge in [0.2, 0.25) is 0 Å². The average Bonchev–Trinajstić information content (AvgIpc) is 2.37. The lowest BCUT2D eigenvalue weighted by atomic mass is 9.98. The quantitative estimate of drug-likeness (QED) is 0.920. The number of carboxylic acid groups (broad SMARTS) is 1. The minimum atomic E-state index is -0.943. The van der Waals surface area contributed by atoms with Gasteiger partial charge in [0.1, 0.15) is 11.7 Å². The van der Waals surface area contributed by atoms with Crippen molar-refractivity contribution in [2.75, 3.05) is 0 Å². The fourth-order valence-electron chi connectivity index (χ4n) is 1.68. The molecule has 5 heteroatoms. The highest BCUT2D eigenvalue weighted by Crippen LogP contribution is 2.20. The van der Waals surface area contributed by atoms with Gasteiger partial charge in [0, 0.05) is 17.4 Å². The zero-order chi connectivity index (χ0) is 13.0. The Morgan fingerprint density at radius 3 is 2.61 bits per heavy atom. The van der Waals surface area contributed by atoms with Crippen LogP contribution in [0.25, 0.3) is 0 Å². The van der Waals surface area contributed by atoms with Crippen LogP contribution in [0, 0.1) is 0 Å². The molecular formula is C13H11ClN2O2. The molecule has 0 aliphatic heterocycles. The summed E-state index contributed by atoms with van der Waals surface area (Å²) in [6, 6.07) is 8.79. The Balaban J connectivity index is 2.25. The molecule has 0 amide bonds. The lowest BCUT2D eigenvalue weighted by Gasteiger charge is -2.10. The maximum absolute atomic E-state index is 11.3. The zero-order valence-electron chi connectivity index (χ0n) is 9.45. The van der Waals surface area contributed by atoms with Crippen molar-refractivity contribution in [1.29, 1.82) is 0 Å². The number of hydrogen-bond acceptors (Lipinski definition) is 3.